The summed E-state index contributed by atoms with van der Waals surface area (Å²) in [6.45, 7) is -1.60. The van der Waals surface area contributed by atoms with Gasteiger partial charge in [0.05, 0.1) is 16.4 Å². The van der Waals surface area contributed by atoms with Crippen LogP contribution in [0, 0.1) is 5.82 Å². The quantitative estimate of drug-likeness (QED) is 0.617. The van der Waals surface area contributed by atoms with E-state index >= 15 is 0 Å². The van der Waals surface area contributed by atoms with Crippen molar-refractivity contribution in [2.24, 2.45) is 0 Å². The minimum Gasteiger partial charge on any atom is -0.478 e. The third kappa shape index (κ3) is 6.21. The van der Waals surface area contributed by atoms with E-state index in [1.54, 1.807) is 0 Å². The molecule has 0 aliphatic carbocycles. The second kappa shape index (κ2) is 7.51. The van der Waals surface area contributed by atoms with Crippen molar-refractivity contribution in [3.8, 4) is 0 Å². The second-order valence-corrected chi connectivity index (χ2v) is 5.59. The maximum atomic E-state index is 13.1. The Kier molecular flexibility index (Phi) is 6.28. The fourth-order valence-electron chi connectivity index (χ4n) is 1.41. The van der Waals surface area contributed by atoms with E-state index in [2.05, 4.69) is 4.74 Å². The van der Waals surface area contributed by atoms with Crippen LogP contribution in [0.2, 0.25) is 0 Å². The summed E-state index contributed by atoms with van der Waals surface area (Å²) in [7, 11) is -1.63. The monoisotopic (exact) mass is 328 g/mol. The third-order valence-corrected chi connectivity index (χ3v) is 3.75. The Morgan fingerprint density at radius 2 is 2.00 bits per heavy atom. The first-order valence-corrected chi connectivity index (χ1v) is 7.08. The maximum absolute atomic E-state index is 13.1. The van der Waals surface area contributed by atoms with Gasteiger partial charge in [0, 0.05) is 17.3 Å². The van der Waals surface area contributed by atoms with Crippen LogP contribution >= 0.6 is 0 Å². The molecule has 0 bridgehead atoms. The van der Waals surface area contributed by atoms with E-state index < -0.39 is 40.9 Å². The minimum absolute atomic E-state index is 0.0114. The average Bonchev–Trinajstić information content (AvgIpc) is 2.36. The van der Waals surface area contributed by atoms with Crippen LogP contribution in [-0.2, 0) is 15.5 Å². The van der Waals surface area contributed by atoms with Crippen LogP contribution in [0.5, 0.6) is 0 Å². The van der Waals surface area contributed by atoms with Gasteiger partial charge in [-0.15, -0.1) is 0 Å². The molecule has 4 nitrogen and oxygen atoms in total. The highest BCUT2D eigenvalue weighted by Crippen LogP contribution is 2.16. The number of ether oxygens (including phenoxy) is 1. The van der Waals surface area contributed by atoms with Crippen molar-refractivity contribution in [1.29, 1.82) is 0 Å². The van der Waals surface area contributed by atoms with Gasteiger partial charge in [0.1, 0.15) is 12.4 Å². The first kappa shape index (κ1) is 17.6. The average molecular weight is 328 g/mol. The summed E-state index contributed by atoms with van der Waals surface area (Å²) >= 11 is 0. The summed E-state index contributed by atoms with van der Waals surface area (Å²) in [6.07, 6.45) is -4.31. The summed E-state index contributed by atoms with van der Waals surface area (Å²) in [6, 6.07) is 3.01. The van der Waals surface area contributed by atoms with Crippen molar-refractivity contribution in [3.63, 3.8) is 0 Å². The Morgan fingerprint density at radius 1 is 1.33 bits per heavy atom. The van der Waals surface area contributed by atoms with Crippen molar-refractivity contribution in [1.82, 2.24) is 0 Å². The van der Waals surface area contributed by atoms with Crippen LogP contribution in [-0.4, -0.2) is 40.4 Å². The molecule has 0 aliphatic rings. The number of benzene rings is 1. The molecule has 0 radical (unpaired) electrons. The molecule has 1 rings (SSSR count). The molecule has 0 saturated heterocycles. The van der Waals surface area contributed by atoms with E-state index in [4.69, 9.17) is 5.11 Å². The van der Waals surface area contributed by atoms with Crippen LogP contribution < -0.4 is 0 Å². The van der Waals surface area contributed by atoms with Gasteiger partial charge in [0.2, 0.25) is 0 Å². The number of hydrogen-bond acceptors (Lipinski definition) is 3. The highest BCUT2D eigenvalue weighted by atomic mass is 32.2. The topological polar surface area (TPSA) is 63.6 Å². The molecule has 1 unspecified atom stereocenters. The standard InChI is InChI=1S/C12H12F4O4S/c13-10-3-2-8(6-9(10)11(17)18)21(19)5-1-4-20-7-12(14,15)16/h2-3,6H,1,4-5,7H2,(H,17,18). The fourth-order valence-corrected chi connectivity index (χ4v) is 2.49. The highest BCUT2D eigenvalue weighted by molar-refractivity contribution is 7.85. The van der Waals surface area contributed by atoms with E-state index in [1.165, 1.54) is 6.07 Å². The molecule has 0 amide bonds. The van der Waals surface area contributed by atoms with Crippen molar-refractivity contribution < 1.29 is 36.4 Å². The van der Waals surface area contributed by atoms with Crippen molar-refractivity contribution in [2.45, 2.75) is 17.5 Å². The zero-order chi connectivity index (χ0) is 16.0. The number of alkyl halides is 3. The summed E-state index contributed by atoms with van der Waals surface area (Å²) in [5, 5.41) is 8.73. The lowest BCUT2D eigenvalue weighted by molar-refractivity contribution is -0.173. The van der Waals surface area contributed by atoms with Gasteiger partial charge in [-0.05, 0) is 24.6 Å². The Morgan fingerprint density at radius 3 is 2.57 bits per heavy atom. The number of halogens is 4. The van der Waals surface area contributed by atoms with E-state index in [0.29, 0.717) is 0 Å². The molecule has 1 aromatic rings. The van der Waals surface area contributed by atoms with Gasteiger partial charge in [0.15, 0.2) is 0 Å². The number of hydrogen-bond donors (Lipinski definition) is 1. The van der Waals surface area contributed by atoms with Crippen LogP contribution in [0.1, 0.15) is 16.8 Å². The highest BCUT2D eigenvalue weighted by Gasteiger charge is 2.27. The smallest absolute Gasteiger partial charge is 0.411 e. The van der Waals surface area contributed by atoms with Gasteiger partial charge in [-0.25, -0.2) is 9.18 Å². The lowest BCUT2D eigenvalue weighted by Gasteiger charge is -2.07. The summed E-state index contributed by atoms with van der Waals surface area (Å²) in [4.78, 5) is 10.8. The van der Waals surface area contributed by atoms with Crippen molar-refractivity contribution >= 4 is 16.8 Å². The molecule has 0 saturated carbocycles. The lowest BCUT2D eigenvalue weighted by Crippen LogP contribution is -2.18. The van der Waals surface area contributed by atoms with E-state index in [9.17, 15) is 26.6 Å². The van der Waals surface area contributed by atoms with Gasteiger partial charge >= 0.3 is 12.1 Å². The van der Waals surface area contributed by atoms with Crippen molar-refractivity contribution in [3.05, 3.63) is 29.6 Å². The molecule has 21 heavy (non-hydrogen) atoms. The van der Waals surface area contributed by atoms with Gasteiger partial charge in [-0.2, -0.15) is 13.2 Å². The first-order valence-electron chi connectivity index (χ1n) is 5.76. The Labute approximate surface area is 120 Å². The number of carboxylic acids is 1. The fraction of sp³-hybridized carbons (Fsp3) is 0.417. The molecule has 1 atom stereocenters. The summed E-state index contributed by atoms with van der Waals surface area (Å²) in [5.74, 6) is -2.45. The maximum Gasteiger partial charge on any atom is 0.411 e. The molecule has 1 N–H and O–H groups in total. The van der Waals surface area contributed by atoms with Crippen LogP contribution in [0.4, 0.5) is 17.6 Å². The predicted octanol–water partition coefficient (Wildman–Crippen LogP) is 2.60. The summed E-state index contributed by atoms with van der Waals surface area (Å²) in [5.41, 5.74) is -0.603. The number of carboxylic acid groups (broad SMARTS) is 1. The Hall–Kier alpha value is -1.48. The van der Waals surface area contributed by atoms with Crippen molar-refractivity contribution in [2.75, 3.05) is 19.0 Å². The molecule has 0 heterocycles. The number of carbonyl (C=O) groups is 1. The number of rotatable bonds is 7. The zero-order valence-corrected chi connectivity index (χ0v) is 11.5. The molecular formula is C12H12F4O4S. The number of aromatic carboxylic acids is 1. The molecule has 0 aromatic heterocycles. The largest absolute Gasteiger partial charge is 0.478 e. The van der Waals surface area contributed by atoms with Gasteiger partial charge < -0.3 is 9.84 Å². The van der Waals surface area contributed by atoms with Crippen LogP contribution in [0.25, 0.3) is 0 Å². The van der Waals surface area contributed by atoms with Gasteiger partial charge in [-0.3, -0.25) is 4.21 Å². The molecule has 118 valence electrons. The van der Waals surface area contributed by atoms with Crippen LogP contribution in [0.3, 0.4) is 0 Å². The molecular weight excluding hydrogens is 316 g/mol. The van der Waals surface area contributed by atoms with E-state index in [-0.39, 0.29) is 23.7 Å². The minimum atomic E-state index is -4.41. The Bertz CT molecular complexity index is 530. The molecule has 1 aromatic carbocycles. The third-order valence-electron chi connectivity index (χ3n) is 2.32. The predicted molar refractivity (Wildman–Crippen MR) is 66.1 cm³/mol. The molecule has 0 fully saturated rings. The molecule has 9 heteroatoms. The van der Waals surface area contributed by atoms with E-state index in [0.717, 1.165) is 12.1 Å². The first-order chi connectivity index (χ1) is 9.70. The van der Waals surface area contributed by atoms with Gasteiger partial charge in [-0.1, -0.05) is 0 Å². The normalized spacial score (nSPS) is 13.1. The van der Waals surface area contributed by atoms with Gasteiger partial charge in [0.25, 0.3) is 0 Å². The second-order valence-electron chi connectivity index (χ2n) is 4.02. The SMILES string of the molecule is O=C(O)c1cc(S(=O)CCCOCC(F)(F)F)ccc1F. The Balaban J connectivity index is 2.49. The summed E-state index contributed by atoms with van der Waals surface area (Å²) < 4.78 is 64.7. The van der Waals surface area contributed by atoms with Crippen LogP contribution in [0.15, 0.2) is 23.1 Å². The lowest BCUT2D eigenvalue weighted by atomic mass is 10.2. The zero-order valence-electron chi connectivity index (χ0n) is 10.7. The molecule has 0 spiro atoms. The van der Waals surface area contributed by atoms with E-state index in [1.807, 2.05) is 0 Å². The molecule has 0 aliphatic heterocycles.